The van der Waals surface area contributed by atoms with E-state index in [1.54, 1.807) is 12.2 Å². The second kappa shape index (κ2) is 19.0. The van der Waals surface area contributed by atoms with Crippen molar-refractivity contribution in [3.8, 4) is 0 Å². The third-order valence-electron chi connectivity index (χ3n) is 3.35. The molecular weight excluding hydrogens is 296 g/mol. The van der Waals surface area contributed by atoms with Crippen LogP contribution in [-0.4, -0.2) is 11.1 Å². The molecule has 0 amide bonds. The molecular formula is C22H32O2. The number of unbranched alkanes of at least 4 members (excludes halogenated alkanes) is 7. The number of hydrogen-bond acceptors (Lipinski definition) is 1. The molecule has 132 valence electrons. The zero-order valence-electron chi connectivity index (χ0n) is 14.9. The smallest absolute Gasteiger partial charge is 0.328 e. The Balaban J connectivity index is 3.57. The maximum Gasteiger partial charge on any atom is 0.328 e. The molecule has 0 radical (unpaired) electrons. The number of carboxylic acid groups (broad SMARTS) is 1. The average Bonchev–Trinajstić information content (AvgIpc) is 2.56. The molecule has 24 heavy (non-hydrogen) atoms. The number of allylic oxidation sites excluding steroid dienone is 11. The van der Waals surface area contributed by atoms with Crippen LogP contribution in [0.15, 0.2) is 72.9 Å². The molecule has 0 saturated heterocycles. The molecule has 0 aliphatic rings. The molecule has 1 N–H and O–H groups in total. The molecule has 0 unspecified atom stereocenters. The van der Waals surface area contributed by atoms with E-state index in [4.69, 9.17) is 5.11 Å². The average molecular weight is 328 g/mol. The molecule has 0 heterocycles. The van der Waals surface area contributed by atoms with E-state index >= 15 is 0 Å². The van der Waals surface area contributed by atoms with Gasteiger partial charge in [0.25, 0.3) is 0 Å². The monoisotopic (exact) mass is 328 g/mol. The molecule has 2 heteroatoms. The fraction of sp³-hybridized carbons (Fsp3) is 0.409. The largest absolute Gasteiger partial charge is 0.478 e. The lowest BCUT2D eigenvalue weighted by Crippen LogP contribution is -1.84. The SMILES string of the molecule is CCCCCCCCC/C=C/C=C/C=C/C=C/C=C\C=C\C(=O)O. The minimum Gasteiger partial charge on any atom is -0.478 e. The molecule has 2 nitrogen and oxygen atoms in total. The summed E-state index contributed by atoms with van der Waals surface area (Å²) >= 11 is 0. The van der Waals surface area contributed by atoms with Crippen molar-refractivity contribution < 1.29 is 9.90 Å². The third kappa shape index (κ3) is 19.9. The van der Waals surface area contributed by atoms with Gasteiger partial charge in [0, 0.05) is 6.08 Å². The Labute approximate surface area is 147 Å². The third-order valence-corrected chi connectivity index (χ3v) is 3.35. The Morgan fingerprint density at radius 3 is 1.67 bits per heavy atom. The molecule has 0 aliphatic carbocycles. The van der Waals surface area contributed by atoms with Crippen LogP contribution in [0.25, 0.3) is 0 Å². The van der Waals surface area contributed by atoms with E-state index in [9.17, 15) is 4.79 Å². The highest BCUT2D eigenvalue weighted by Crippen LogP contribution is 2.08. The zero-order valence-corrected chi connectivity index (χ0v) is 14.9. The number of aliphatic carboxylic acids is 1. The second-order valence-electron chi connectivity index (χ2n) is 5.58. The standard InChI is InChI=1S/C22H32O2/c1-2-3-4-5-6-7-8-9-10-11-12-13-14-15-16-17-18-19-20-21-22(23)24/h10-21H,2-9H2,1H3,(H,23,24)/b11-10+,13-12+,15-14+,17-16+,19-18-,21-20+. The molecule has 0 atom stereocenters. The molecule has 0 saturated carbocycles. The van der Waals surface area contributed by atoms with Crippen molar-refractivity contribution in [3.05, 3.63) is 72.9 Å². The molecule has 0 bridgehead atoms. The Hall–Kier alpha value is -2.09. The van der Waals surface area contributed by atoms with Gasteiger partial charge in [-0.15, -0.1) is 0 Å². The van der Waals surface area contributed by atoms with Crippen molar-refractivity contribution in [3.63, 3.8) is 0 Å². The van der Waals surface area contributed by atoms with E-state index in [2.05, 4.69) is 19.1 Å². The lowest BCUT2D eigenvalue weighted by atomic mass is 10.1. The summed E-state index contributed by atoms with van der Waals surface area (Å²) < 4.78 is 0. The molecule has 0 aromatic rings. The van der Waals surface area contributed by atoms with Gasteiger partial charge < -0.3 is 5.11 Å². The predicted molar refractivity (Wildman–Crippen MR) is 105 cm³/mol. The lowest BCUT2D eigenvalue weighted by molar-refractivity contribution is -0.131. The van der Waals surface area contributed by atoms with Crippen molar-refractivity contribution in [2.45, 2.75) is 58.3 Å². The van der Waals surface area contributed by atoms with Crippen LogP contribution < -0.4 is 0 Å². The Morgan fingerprint density at radius 2 is 1.12 bits per heavy atom. The van der Waals surface area contributed by atoms with Crippen LogP contribution in [0.4, 0.5) is 0 Å². The van der Waals surface area contributed by atoms with Gasteiger partial charge in [0.05, 0.1) is 0 Å². The van der Waals surface area contributed by atoms with Crippen molar-refractivity contribution >= 4 is 5.97 Å². The van der Waals surface area contributed by atoms with Crippen LogP contribution in [0.5, 0.6) is 0 Å². The van der Waals surface area contributed by atoms with Gasteiger partial charge in [-0.2, -0.15) is 0 Å². The fourth-order valence-corrected chi connectivity index (χ4v) is 2.05. The van der Waals surface area contributed by atoms with Gasteiger partial charge in [-0.05, 0) is 12.8 Å². The summed E-state index contributed by atoms with van der Waals surface area (Å²) in [7, 11) is 0. The van der Waals surface area contributed by atoms with Gasteiger partial charge in [0.2, 0.25) is 0 Å². The summed E-state index contributed by atoms with van der Waals surface area (Å²) in [6.07, 6.45) is 32.7. The Kier molecular flexibility index (Phi) is 17.3. The number of carboxylic acids is 1. The molecule has 0 spiro atoms. The molecule has 0 rings (SSSR count). The summed E-state index contributed by atoms with van der Waals surface area (Å²) in [5, 5.41) is 8.39. The van der Waals surface area contributed by atoms with Crippen molar-refractivity contribution in [1.29, 1.82) is 0 Å². The van der Waals surface area contributed by atoms with Crippen molar-refractivity contribution in [2.24, 2.45) is 0 Å². The highest BCUT2D eigenvalue weighted by Gasteiger charge is 1.88. The van der Waals surface area contributed by atoms with E-state index in [1.807, 2.05) is 36.5 Å². The molecule has 0 fully saturated rings. The van der Waals surface area contributed by atoms with E-state index in [0.29, 0.717) is 0 Å². The summed E-state index contributed by atoms with van der Waals surface area (Å²) in [4.78, 5) is 10.2. The number of rotatable bonds is 14. The van der Waals surface area contributed by atoms with Crippen molar-refractivity contribution in [1.82, 2.24) is 0 Å². The Bertz CT molecular complexity index is 462. The minimum absolute atomic E-state index is 0.936. The highest BCUT2D eigenvalue weighted by molar-refractivity contribution is 5.80. The highest BCUT2D eigenvalue weighted by atomic mass is 16.4. The normalized spacial score (nSPS) is 13.0. The van der Waals surface area contributed by atoms with E-state index in [-0.39, 0.29) is 0 Å². The maximum absolute atomic E-state index is 10.2. The maximum atomic E-state index is 10.2. The zero-order chi connectivity index (χ0) is 17.7. The second-order valence-corrected chi connectivity index (χ2v) is 5.58. The number of carbonyl (C=O) groups is 1. The molecule has 0 aromatic carbocycles. The van der Waals surface area contributed by atoms with Gasteiger partial charge in [0.15, 0.2) is 0 Å². The first-order valence-corrected chi connectivity index (χ1v) is 9.00. The first kappa shape index (κ1) is 21.9. The summed E-state index contributed by atoms with van der Waals surface area (Å²) in [5.41, 5.74) is 0. The summed E-state index contributed by atoms with van der Waals surface area (Å²) in [6.45, 7) is 2.25. The molecule has 0 aliphatic heterocycles. The van der Waals surface area contributed by atoms with Crippen LogP contribution in [0, 0.1) is 0 Å². The van der Waals surface area contributed by atoms with E-state index in [1.165, 1.54) is 51.0 Å². The van der Waals surface area contributed by atoms with E-state index < -0.39 is 5.97 Å². The van der Waals surface area contributed by atoms with Crippen LogP contribution in [-0.2, 0) is 4.79 Å². The first-order valence-electron chi connectivity index (χ1n) is 9.00. The van der Waals surface area contributed by atoms with E-state index in [0.717, 1.165) is 12.5 Å². The summed E-state index contributed by atoms with van der Waals surface area (Å²) in [6, 6.07) is 0. The van der Waals surface area contributed by atoms with Gasteiger partial charge in [-0.1, -0.05) is 112 Å². The van der Waals surface area contributed by atoms with Crippen LogP contribution in [0.2, 0.25) is 0 Å². The van der Waals surface area contributed by atoms with Crippen LogP contribution >= 0.6 is 0 Å². The number of hydrogen-bond donors (Lipinski definition) is 1. The minimum atomic E-state index is -0.936. The van der Waals surface area contributed by atoms with Gasteiger partial charge in [-0.25, -0.2) is 4.79 Å². The van der Waals surface area contributed by atoms with Crippen LogP contribution in [0.1, 0.15) is 58.3 Å². The van der Waals surface area contributed by atoms with Gasteiger partial charge >= 0.3 is 5.97 Å². The lowest BCUT2D eigenvalue weighted by Gasteiger charge is -1.98. The van der Waals surface area contributed by atoms with Gasteiger partial charge in [0.1, 0.15) is 0 Å². The fourth-order valence-electron chi connectivity index (χ4n) is 2.05. The van der Waals surface area contributed by atoms with Crippen molar-refractivity contribution in [2.75, 3.05) is 0 Å². The van der Waals surface area contributed by atoms with Gasteiger partial charge in [-0.3, -0.25) is 0 Å². The Morgan fingerprint density at radius 1 is 0.667 bits per heavy atom. The predicted octanol–water partition coefficient (Wildman–Crippen LogP) is 6.55. The quantitative estimate of drug-likeness (QED) is 0.223. The topological polar surface area (TPSA) is 37.3 Å². The summed E-state index contributed by atoms with van der Waals surface area (Å²) in [5.74, 6) is -0.936. The van der Waals surface area contributed by atoms with Crippen LogP contribution in [0.3, 0.4) is 0 Å². The molecule has 0 aromatic heterocycles. The first-order chi connectivity index (χ1) is 11.8.